The third-order valence-corrected chi connectivity index (χ3v) is 4.79. The Hall–Kier alpha value is -1.82. The van der Waals surface area contributed by atoms with E-state index < -0.39 is 16.1 Å². The van der Waals surface area contributed by atoms with Crippen molar-refractivity contribution < 1.29 is 17.9 Å². The Bertz CT molecular complexity index is 608. The zero-order valence-electron chi connectivity index (χ0n) is 13.7. The van der Waals surface area contributed by atoms with E-state index in [1.807, 2.05) is 11.6 Å². The Balaban J connectivity index is 2.57. The number of aryl methyl sites for hydroxylation is 1. The molecule has 23 heavy (non-hydrogen) atoms. The summed E-state index contributed by atoms with van der Waals surface area (Å²) < 4.78 is 31.1. The van der Waals surface area contributed by atoms with Crippen molar-refractivity contribution in [3.05, 3.63) is 42.5 Å². The van der Waals surface area contributed by atoms with Crippen molar-refractivity contribution >= 4 is 16.1 Å². The van der Waals surface area contributed by atoms with Crippen LogP contribution in [0.3, 0.4) is 0 Å². The van der Waals surface area contributed by atoms with Crippen LogP contribution in [0.4, 0.5) is 4.79 Å². The first kappa shape index (κ1) is 19.2. The lowest BCUT2D eigenvalue weighted by molar-refractivity contribution is 0.130. The van der Waals surface area contributed by atoms with Crippen molar-refractivity contribution in [2.45, 2.75) is 44.4 Å². The second-order valence-corrected chi connectivity index (χ2v) is 7.23. The Morgan fingerprint density at radius 1 is 1.35 bits per heavy atom. The van der Waals surface area contributed by atoms with Crippen molar-refractivity contribution in [3.8, 4) is 0 Å². The summed E-state index contributed by atoms with van der Waals surface area (Å²) in [7, 11) is -3.90. The van der Waals surface area contributed by atoms with Gasteiger partial charge < -0.3 is 4.74 Å². The molecule has 6 heteroatoms. The summed E-state index contributed by atoms with van der Waals surface area (Å²) in [5.41, 5.74) is 0.940. The van der Waals surface area contributed by atoms with Crippen molar-refractivity contribution in [1.29, 1.82) is 0 Å². The minimum atomic E-state index is -3.90. The molecule has 1 aromatic rings. The minimum Gasteiger partial charge on any atom is -0.449 e. The topological polar surface area (TPSA) is 72.5 Å². The summed E-state index contributed by atoms with van der Waals surface area (Å²) in [6, 6.07) is 6.24. The first-order valence-electron chi connectivity index (χ1n) is 7.76. The number of unbranched alkanes of at least 4 members (excludes halogenated alkanes) is 1. The first-order valence-corrected chi connectivity index (χ1v) is 9.24. The van der Waals surface area contributed by atoms with Crippen LogP contribution < -0.4 is 4.72 Å². The van der Waals surface area contributed by atoms with Crippen LogP contribution >= 0.6 is 0 Å². The molecule has 1 atom stereocenters. The summed E-state index contributed by atoms with van der Waals surface area (Å²) in [6.07, 6.45) is 4.58. The quantitative estimate of drug-likeness (QED) is 0.695. The van der Waals surface area contributed by atoms with E-state index in [4.69, 9.17) is 4.74 Å². The maximum atomic E-state index is 12.1. The lowest BCUT2D eigenvalue weighted by Crippen LogP contribution is -2.32. The molecule has 0 saturated carbocycles. The van der Waals surface area contributed by atoms with Gasteiger partial charge in [-0.05, 0) is 37.8 Å². The van der Waals surface area contributed by atoms with Crippen molar-refractivity contribution in [3.63, 3.8) is 0 Å². The van der Waals surface area contributed by atoms with E-state index in [1.54, 1.807) is 18.2 Å². The lowest BCUT2D eigenvalue weighted by atomic mass is 10.00. The fourth-order valence-electron chi connectivity index (χ4n) is 2.11. The molecule has 0 aliphatic rings. The zero-order chi connectivity index (χ0) is 17.3. The lowest BCUT2D eigenvalue weighted by Gasteiger charge is -2.15. The second-order valence-electron chi connectivity index (χ2n) is 5.55. The number of hydrogen-bond donors (Lipinski definition) is 1. The molecule has 0 aliphatic carbocycles. The summed E-state index contributed by atoms with van der Waals surface area (Å²) in [6.45, 7) is 7.82. The monoisotopic (exact) mass is 339 g/mol. The molecule has 0 radical (unpaired) electrons. The number of amides is 1. The Morgan fingerprint density at radius 3 is 2.57 bits per heavy atom. The molecule has 1 rings (SSSR count). The van der Waals surface area contributed by atoms with Crippen LogP contribution in [0.15, 0.2) is 41.8 Å². The molecule has 5 nitrogen and oxygen atoms in total. The molecule has 1 N–H and O–H groups in total. The minimum absolute atomic E-state index is 0.0358. The summed E-state index contributed by atoms with van der Waals surface area (Å²) in [5.74, 6) is 0.167. The van der Waals surface area contributed by atoms with Crippen LogP contribution in [0, 0.1) is 12.8 Å². The molecule has 0 spiro atoms. The van der Waals surface area contributed by atoms with Gasteiger partial charge in [0.05, 0.1) is 11.5 Å². The molecule has 0 fully saturated rings. The van der Waals surface area contributed by atoms with Crippen LogP contribution in [0.25, 0.3) is 0 Å². The molecule has 128 valence electrons. The van der Waals surface area contributed by atoms with Crippen LogP contribution in [0.1, 0.15) is 38.2 Å². The van der Waals surface area contributed by atoms with Crippen LogP contribution in [-0.4, -0.2) is 21.1 Å². The summed E-state index contributed by atoms with van der Waals surface area (Å²) in [5, 5.41) is 0. The third-order valence-electron chi connectivity index (χ3n) is 3.47. The van der Waals surface area contributed by atoms with Gasteiger partial charge in [-0.15, -0.1) is 6.58 Å². The van der Waals surface area contributed by atoms with E-state index in [0.29, 0.717) is 0 Å². The van der Waals surface area contributed by atoms with Gasteiger partial charge in [0.15, 0.2) is 0 Å². The highest BCUT2D eigenvalue weighted by atomic mass is 32.2. The molecule has 0 saturated heterocycles. The SMILES string of the molecule is C=CCC(CCCC)COC(=O)NS(=O)(=O)c1ccc(C)cc1. The highest BCUT2D eigenvalue weighted by Crippen LogP contribution is 2.14. The molecule has 1 amide bonds. The number of rotatable bonds is 9. The zero-order valence-corrected chi connectivity index (χ0v) is 14.6. The third kappa shape index (κ3) is 6.86. The van der Waals surface area contributed by atoms with Gasteiger partial charge in [-0.1, -0.05) is 43.5 Å². The molecule has 0 aromatic heterocycles. The molecular weight excluding hydrogens is 314 g/mol. The predicted octanol–water partition coefficient (Wildman–Crippen LogP) is 3.79. The van der Waals surface area contributed by atoms with Crippen molar-refractivity contribution in [2.75, 3.05) is 6.61 Å². The standard InChI is InChI=1S/C17H25NO4S/c1-4-6-8-15(7-5-2)13-22-17(19)18-23(20,21)16-11-9-14(3)10-12-16/h5,9-12,15H,2,4,6-8,13H2,1,3H3,(H,18,19). The maximum absolute atomic E-state index is 12.1. The number of carbonyl (C=O) groups excluding carboxylic acids is 1. The average molecular weight is 339 g/mol. The molecule has 0 bridgehead atoms. The van der Waals surface area contributed by atoms with E-state index in [-0.39, 0.29) is 17.4 Å². The van der Waals surface area contributed by atoms with Gasteiger partial charge >= 0.3 is 6.09 Å². The van der Waals surface area contributed by atoms with Gasteiger partial charge in [-0.25, -0.2) is 17.9 Å². The number of allylic oxidation sites excluding steroid dienone is 1. The Morgan fingerprint density at radius 2 is 2.00 bits per heavy atom. The van der Waals surface area contributed by atoms with Gasteiger partial charge in [-0.3, -0.25) is 0 Å². The maximum Gasteiger partial charge on any atom is 0.421 e. The molecular formula is C17H25NO4S. The fraction of sp³-hybridized carbons (Fsp3) is 0.471. The largest absolute Gasteiger partial charge is 0.449 e. The normalized spacial score (nSPS) is 12.4. The van der Waals surface area contributed by atoms with E-state index in [2.05, 4.69) is 13.5 Å². The first-order chi connectivity index (χ1) is 10.9. The molecule has 0 aliphatic heterocycles. The van der Waals surface area contributed by atoms with Crippen LogP contribution in [-0.2, 0) is 14.8 Å². The molecule has 0 heterocycles. The van der Waals surface area contributed by atoms with Gasteiger partial charge in [-0.2, -0.15) is 0 Å². The number of nitrogens with one attached hydrogen (secondary N) is 1. The number of hydrogen-bond acceptors (Lipinski definition) is 4. The number of carbonyl (C=O) groups is 1. The van der Waals surface area contributed by atoms with E-state index in [0.717, 1.165) is 31.2 Å². The molecule has 1 aromatic carbocycles. The van der Waals surface area contributed by atoms with Gasteiger partial charge in [0.2, 0.25) is 0 Å². The second kappa shape index (κ2) is 9.35. The Labute approximate surface area is 138 Å². The van der Waals surface area contributed by atoms with E-state index in [1.165, 1.54) is 12.1 Å². The smallest absolute Gasteiger partial charge is 0.421 e. The predicted molar refractivity (Wildman–Crippen MR) is 90.7 cm³/mol. The highest BCUT2D eigenvalue weighted by Gasteiger charge is 2.19. The van der Waals surface area contributed by atoms with Crippen molar-refractivity contribution in [1.82, 2.24) is 4.72 Å². The fourth-order valence-corrected chi connectivity index (χ4v) is 3.00. The Kier molecular flexibility index (Phi) is 7.81. The van der Waals surface area contributed by atoms with Gasteiger partial charge in [0.25, 0.3) is 10.0 Å². The summed E-state index contributed by atoms with van der Waals surface area (Å²) in [4.78, 5) is 11.8. The van der Waals surface area contributed by atoms with E-state index in [9.17, 15) is 13.2 Å². The average Bonchev–Trinajstić information content (AvgIpc) is 2.50. The number of sulfonamides is 1. The molecule has 1 unspecified atom stereocenters. The van der Waals surface area contributed by atoms with Crippen LogP contribution in [0.2, 0.25) is 0 Å². The number of benzene rings is 1. The highest BCUT2D eigenvalue weighted by molar-refractivity contribution is 7.90. The number of ether oxygens (including phenoxy) is 1. The summed E-state index contributed by atoms with van der Waals surface area (Å²) >= 11 is 0. The van der Waals surface area contributed by atoms with Crippen molar-refractivity contribution in [2.24, 2.45) is 5.92 Å². The van der Waals surface area contributed by atoms with Crippen LogP contribution in [0.5, 0.6) is 0 Å². The van der Waals surface area contributed by atoms with Gasteiger partial charge in [0.1, 0.15) is 0 Å². The van der Waals surface area contributed by atoms with E-state index >= 15 is 0 Å². The van der Waals surface area contributed by atoms with Gasteiger partial charge in [0, 0.05) is 0 Å².